The van der Waals surface area contributed by atoms with E-state index < -0.39 is 21.9 Å². The molecule has 0 aliphatic carbocycles. The minimum absolute atomic E-state index is 0.0842. The van der Waals surface area contributed by atoms with Crippen molar-refractivity contribution in [2.75, 3.05) is 7.11 Å². The van der Waals surface area contributed by atoms with Gasteiger partial charge in [0.2, 0.25) is 9.84 Å². The molecule has 11 heteroatoms. The number of nitrogens with zero attached hydrogens (tertiary/aromatic N) is 3. The number of nitrogens with one attached hydrogen (secondary N) is 2. The number of benzene rings is 1. The summed E-state index contributed by atoms with van der Waals surface area (Å²) in [6.45, 7) is 0.179. The molecule has 0 aliphatic heterocycles. The van der Waals surface area contributed by atoms with Crippen LogP contribution in [-0.4, -0.2) is 40.8 Å². The number of aliphatic hydroxyl groups excluding tert-OH is 1. The highest BCUT2D eigenvalue weighted by Gasteiger charge is 2.20. The highest BCUT2D eigenvalue weighted by molar-refractivity contribution is 7.91. The number of halogens is 1. The first-order valence-corrected chi connectivity index (χ1v) is 10.6. The first-order valence-electron chi connectivity index (χ1n) is 9.12. The van der Waals surface area contributed by atoms with Gasteiger partial charge in [-0.25, -0.2) is 17.8 Å². The van der Waals surface area contributed by atoms with Gasteiger partial charge in [0.1, 0.15) is 17.8 Å². The van der Waals surface area contributed by atoms with Crippen molar-refractivity contribution in [2.45, 2.75) is 22.6 Å². The van der Waals surface area contributed by atoms with Gasteiger partial charge in [0.05, 0.1) is 28.8 Å². The maximum atomic E-state index is 13.7. The minimum atomic E-state index is -3.97. The van der Waals surface area contributed by atoms with E-state index in [4.69, 9.17) is 4.74 Å². The number of pyridine rings is 2. The minimum Gasteiger partial charge on any atom is -0.497 e. The van der Waals surface area contributed by atoms with Gasteiger partial charge in [-0.15, -0.1) is 0 Å². The van der Waals surface area contributed by atoms with Crippen molar-refractivity contribution in [3.8, 4) is 5.75 Å². The Morgan fingerprint density at radius 3 is 2.71 bits per heavy atom. The average molecular weight is 443 g/mol. The third-order valence-corrected chi connectivity index (χ3v) is 6.32. The van der Waals surface area contributed by atoms with E-state index in [-0.39, 0.29) is 22.1 Å². The molecule has 1 atom stereocenters. The summed E-state index contributed by atoms with van der Waals surface area (Å²) in [6, 6.07) is 7.91. The summed E-state index contributed by atoms with van der Waals surface area (Å²) in [7, 11) is -2.64. The van der Waals surface area contributed by atoms with Crippen LogP contribution in [0.15, 0.2) is 64.8 Å². The Morgan fingerprint density at radius 2 is 1.97 bits per heavy atom. The molecule has 0 saturated carbocycles. The van der Waals surface area contributed by atoms with E-state index in [1.54, 1.807) is 12.3 Å². The second-order valence-electron chi connectivity index (χ2n) is 6.68. The molecule has 3 heterocycles. The van der Waals surface area contributed by atoms with Crippen LogP contribution in [0.25, 0.3) is 11.0 Å². The summed E-state index contributed by atoms with van der Waals surface area (Å²) in [5, 5.41) is 20.6. The number of aromatic amines is 1. The smallest absolute Gasteiger partial charge is 0.208 e. The average Bonchev–Trinajstić information content (AvgIpc) is 3.25. The van der Waals surface area contributed by atoms with Crippen LogP contribution < -0.4 is 10.1 Å². The van der Waals surface area contributed by atoms with Crippen LogP contribution >= 0.6 is 0 Å². The fraction of sp³-hybridized carbons (Fsp3) is 0.150. The predicted molar refractivity (Wildman–Crippen MR) is 108 cm³/mol. The summed E-state index contributed by atoms with van der Waals surface area (Å²) in [6.07, 6.45) is 3.31. The van der Waals surface area contributed by atoms with Crippen molar-refractivity contribution in [1.82, 2.24) is 25.5 Å². The molecule has 0 amide bonds. The van der Waals surface area contributed by atoms with Crippen LogP contribution in [0.2, 0.25) is 0 Å². The predicted octanol–water partition coefficient (Wildman–Crippen LogP) is 2.11. The SMILES string of the molecule is COc1cc(F)cc(S(=O)(=O)c2ccc(CNC(O)c3cnc4[nH]ncc4c3)nc2)c1. The van der Waals surface area contributed by atoms with Gasteiger partial charge in [-0.2, -0.15) is 5.10 Å². The fourth-order valence-electron chi connectivity index (χ4n) is 2.94. The number of fused-ring (bicyclic) bond motifs is 1. The molecule has 31 heavy (non-hydrogen) atoms. The quantitative estimate of drug-likeness (QED) is 0.370. The molecule has 0 bridgehead atoms. The molecule has 0 fully saturated rings. The van der Waals surface area contributed by atoms with E-state index in [1.807, 2.05) is 0 Å². The summed E-state index contributed by atoms with van der Waals surface area (Å²) in [5.41, 5.74) is 1.67. The zero-order chi connectivity index (χ0) is 22.0. The van der Waals surface area contributed by atoms with Gasteiger partial charge >= 0.3 is 0 Å². The molecule has 4 rings (SSSR count). The number of aliphatic hydroxyl groups is 1. The van der Waals surface area contributed by atoms with Crippen LogP contribution in [0.3, 0.4) is 0 Å². The lowest BCUT2D eigenvalue weighted by Gasteiger charge is -2.13. The molecular formula is C20H18FN5O4S. The van der Waals surface area contributed by atoms with Crippen LogP contribution in [0.1, 0.15) is 17.5 Å². The second kappa shape index (κ2) is 8.38. The Balaban J connectivity index is 1.47. The monoisotopic (exact) mass is 443 g/mol. The van der Waals surface area contributed by atoms with Crippen molar-refractivity contribution < 1.29 is 22.7 Å². The zero-order valence-electron chi connectivity index (χ0n) is 16.3. The molecule has 0 aliphatic rings. The van der Waals surface area contributed by atoms with E-state index in [0.717, 1.165) is 17.5 Å². The number of hydrogen-bond donors (Lipinski definition) is 3. The van der Waals surface area contributed by atoms with Gasteiger partial charge in [0.15, 0.2) is 5.65 Å². The molecule has 1 aromatic carbocycles. The highest BCUT2D eigenvalue weighted by atomic mass is 32.2. The van der Waals surface area contributed by atoms with E-state index in [0.29, 0.717) is 16.9 Å². The standard InChI is InChI=1S/C20H18FN5O4S/c1-30-16-5-14(21)6-18(7-16)31(28,29)17-3-2-15(22-11-17)10-24-20(27)13-4-12-9-25-26-19(12)23-8-13/h2-9,11,20,24,27H,10H2,1H3,(H,23,25,26). The number of H-pyrrole nitrogens is 1. The Morgan fingerprint density at radius 1 is 1.13 bits per heavy atom. The molecule has 9 nitrogen and oxygen atoms in total. The van der Waals surface area contributed by atoms with Gasteiger partial charge < -0.3 is 9.84 Å². The molecule has 1 unspecified atom stereocenters. The zero-order valence-corrected chi connectivity index (χ0v) is 17.1. The third kappa shape index (κ3) is 4.38. The maximum Gasteiger partial charge on any atom is 0.208 e. The van der Waals surface area contributed by atoms with Gasteiger partial charge in [-0.3, -0.25) is 15.4 Å². The Labute approximate surface area is 176 Å². The first kappa shape index (κ1) is 20.8. The lowest BCUT2D eigenvalue weighted by Crippen LogP contribution is -2.21. The van der Waals surface area contributed by atoms with E-state index in [1.165, 1.54) is 37.7 Å². The van der Waals surface area contributed by atoms with Crippen LogP contribution in [0, 0.1) is 5.82 Å². The molecule has 3 aromatic heterocycles. The Kier molecular flexibility index (Phi) is 5.63. The fourth-order valence-corrected chi connectivity index (χ4v) is 4.19. The van der Waals surface area contributed by atoms with E-state index >= 15 is 0 Å². The molecule has 0 spiro atoms. The van der Waals surface area contributed by atoms with Crippen molar-refractivity contribution in [1.29, 1.82) is 0 Å². The number of rotatable bonds is 7. The van der Waals surface area contributed by atoms with Crippen LogP contribution in [-0.2, 0) is 16.4 Å². The van der Waals surface area contributed by atoms with Gasteiger partial charge in [-0.05, 0) is 30.3 Å². The van der Waals surface area contributed by atoms with Crippen molar-refractivity contribution in [2.24, 2.45) is 0 Å². The molecular weight excluding hydrogens is 425 g/mol. The molecule has 160 valence electrons. The summed E-state index contributed by atoms with van der Waals surface area (Å²) < 4.78 is 44.2. The normalized spacial score (nSPS) is 12.7. The van der Waals surface area contributed by atoms with Crippen molar-refractivity contribution in [3.05, 3.63) is 72.1 Å². The third-order valence-electron chi connectivity index (χ3n) is 4.60. The van der Waals surface area contributed by atoms with Gasteiger partial charge in [-0.1, -0.05) is 0 Å². The molecule has 4 aromatic rings. The van der Waals surface area contributed by atoms with Crippen molar-refractivity contribution >= 4 is 20.9 Å². The number of aromatic nitrogens is 4. The molecule has 0 radical (unpaired) electrons. The highest BCUT2D eigenvalue weighted by Crippen LogP contribution is 2.25. The summed E-state index contributed by atoms with van der Waals surface area (Å²) >= 11 is 0. The van der Waals surface area contributed by atoms with Gasteiger partial charge in [0.25, 0.3) is 0 Å². The summed E-state index contributed by atoms with van der Waals surface area (Å²) in [5.74, 6) is -0.617. The maximum absolute atomic E-state index is 13.7. The van der Waals surface area contributed by atoms with Crippen molar-refractivity contribution in [3.63, 3.8) is 0 Å². The van der Waals surface area contributed by atoms with E-state index in [2.05, 4.69) is 25.5 Å². The second-order valence-corrected chi connectivity index (χ2v) is 8.63. The molecule has 3 N–H and O–H groups in total. The number of ether oxygens (including phenoxy) is 1. The largest absolute Gasteiger partial charge is 0.497 e. The lowest BCUT2D eigenvalue weighted by atomic mass is 10.2. The van der Waals surface area contributed by atoms with Gasteiger partial charge in [0, 0.05) is 36.0 Å². The van der Waals surface area contributed by atoms with Crippen LogP contribution in [0.5, 0.6) is 5.75 Å². The number of methoxy groups -OCH3 is 1. The Bertz CT molecular complexity index is 1330. The van der Waals surface area contributed by atoms with E-state index in [9.17, 15) is 17.9 Å². The Hall–Kier alpha value is -3.41. The summed E-state index contributed by atoms with van der Waals surface area (Å²) in [4.78, 5) is 7.99. The molecule has 0 saturated heterocycles. The lowest BCUT2D eigenvalue weighted by molar-refractivity contribution is 0.136. The topological polar surface area (TPSA) is 130 Å². The number of hydrogen-bond acceptors (Lipinski definition) is 8. The first-order chi connectivity index (χ1) is 14.9. The van der Waals surface area contributed by atoms with Crippen LogP contribution in [0.4, 0.5) is 4.39 Å². The number of sulfone groups is 1.